The third-order valence-corrected chi connectivity index (χ3v) is 4.07. The zero-order chi connectivity index (χ0) is 10.9. The molecule has 2 aliphatic rings. The second-order valence-electron chi connectivity index (χ2n) is 5.98. The van der Waals surface area contributed by atoms with Crippen molar-refractivity contribution < 1.29 is 0 Å². The van der Waals surface area contributed by atoms with E-state index >= 15 is 0 Å². The van der Waals surface area contributed by atoms with Crippen molar-refractivity contribution in [3.8, 4) is 0 Å². The second-order valence-corrected chi connectivity index (χ2v) is 5.98. The molecule has 1 aliphatic heterocycles. The molecule has 1 N–H and O–H groups in total. The van der Waals surface area contributed by atoms with Gasteiger partial charge in [0.05, 0.1) is 0 Å². The normalized spacial score (nSPS) is 28.2. The first-order valence-electron chi connectivity index (χ1n) is 6.60. The molecule has 0 amide bonds. The minimum atomic E-state index is 0.443. The smallest absolute Gasteiger partial charge is 0.0156 e. The van der Waals surface area contributed by atoms with Crippen LogP contribution in [-0.4, -0.2) is 35.6 Å². The highest BCUT2D eigenvalue weighted by Gasteiger charge is 2.34. The third-order valence-electron chi connectivity index (χ3n) is 4.07. The van der Waals surface area contributed by atoms with Crippen molar-refractivity contribution in [2.75, 3.05) is 13.1 Å². The van der Waals surface area contributed by atoms with Gasteiger partial charge >= 0.3 is 0 Å². The molecular formula is C13H26N2. The Labute approximate surface area is 94.4 Å². The molecule has 0 aromatic rings. The molecule has 2 heteroatoms. The average Bonchev–Trinajstić information content (AvgIpc) is 2.89. The highest BCUT2D eigenvalue weighted by Crippen LogP contribution is 2.30. The summed E-state index contributed by atoms with van der Waals surface area (Å²) in [6.45, 7) is 9.69. The monoisotopic (exact) mass is 210 g/mol. The number of hydrogen-bond acceptors (Lipinski definition) is 2. The Balaban J connectivity index is 1.71. The van der Waals surface area contributed by atoms with E-state index in [1.54, 1.807) is 0 Å². The molecule has 0 aromatic heterocycles. The molecule has 0 bridgehead atoms. The van der Waals surface area contributed by atoms with Gasteiger partial charge in [-0.2, -0.15) is 0 Å². The van der Waals surface area contributed by atoms with Crippen molar-refractivity contribution in [2.24, 2.45) is 0 Å². The fourth-order valence-corrected chi connectivity index (χ4v) is 2.88. The first-order valence-corrected chi connectivity index (χ1v) is 6.60. The van der Waals surface area contributed by atoms with E-state index in [0.29, 0.717) is 5.54 Å². The first kappa shape index (κ1) is 11.4. The van der Waals surface area contributed by atoms with Crippen molar-refractivity contribution in [3.05, 3.63) is 0 Å². The van der Waals surface area contributed by atoms with E-state index < -0.39 is 0 Å². The maximum atomic E-state index is 3.61. The molecule has 1 unspecified atom stereocenters. The Bertz CT molecular complexity index is 209. The van der Waals surface area contributed by atoms with Gasteiger partial charge in [0, 0.05) is 17.6 Å². The average molecular weight is 210 g/mol. The minimum absolute atomic E-state index is 0.443. The van der Waals surface area contributed by atoms with Crippen LogP contribution in [0.15, 0.2) is 0 Å². The third kappa shape index (κ3) is 2.94. The Morgan fingerprint density at radius 1 is 1.40 bits per heavy atom. The highest BCUT2D eigenvalue weighted by atomic mass is 15.2. The topological polar surface area (TPSA) is 15.3 Å². The van der Waals surface area contributed by atoms with Gasteiger partial charge in [0.25, 0.3) is 0 Å². The van der Waals surface area contributed by atoms with Gasteiger partial charge in [0.2, 0.25) is 0 Å². The summed E-state index contributed by atoms with van der Waals surface area (Å²) < 4.78 is 0. The van der Waals surface area contributed by atoms with E-state index in [1.807, 2.05) is 0 Å². The summed E-state index contributed by atoms with van der Waals surface area (Å²) in [7, 11) is 0. The number of likely N-dealkylation sites (tertiary alicyclic amines) is 1. The summed E-state index contributed by atoms with van der Waals surface area (Å²) >= 11 is 0. The lowest BCUT2D eigenvalue weighted by Crippen LogP contribution is -2.45. The van der Waals surface area contributed by atoms with Gasteiger partial charge in [-0.15, -0.1) is 0 Å². The predicted octanol–water partition coefficient (Wildman–Crippen LogP) is 2.39. The molecule has 1 heterocycles. The minimum Gasteiger partial charge on any atom is -0.314 e. The van der Waals surface area contributed by atoms with Crippen molar-refractivity contribution in [1.29, 1.82) is 0 Å². The van der Waals surface area contributed by atoms with Gasteiger partial charge in [0.1, 0.15) is 0 Å². The number of nitrogens with one attached hydrogen (secondary N) is 1. The standard InChI is InChI=1S/C13H26N2/c1-11(7-9-14-12-5-6-12)15-10-4-8-13(15,2)3/h11-12,14H,4-10H2,1-3H3. The van der Waals surface area contributed by atoms with Crippen molar-refractivity contribution in [1.82, 2.24) is 10.2 Å². The van der Waals surface area contributed by atoms with Crippen LogP contribution in [0, 0.1) is 0 Å². The Kier molecular flexibility index (Phi) is 3.36. The number of rotatable bonds is 5. The van der Waals surface area contributed by atoms with Crippen LogP contribution in [0.1, 0.15) is 52.9 Å². The summed E-state index contributed by atoms with van der Waals surface area (Å²) in [6, 6.07) is 1.61. The fourth-order valence-electron chi connectivity index (χ4n) is 2.88. The zero-order valence-electron chi connectivity index (χ0n) is 10.6. The van der Waals surface area contributed by atoms with Gasteiger partial charge in [-0.25, -0.2) is 0 Å². The zero-order valence-corrected chi connectivity index (χ0v) is 10.6. The summed E-state index contributed by atoms with van der Waals surface area (Å²) in [6.07, 6.45) is 6.87. The van der Waals surface area contributed by atoms with Crippen LogP contribution in [-0.2, 0) is 0 Å². The SMILES string of the molecule is CC(CCNC1CC1)N1CCCC1(C)C. The van der Waals surface area contributed by atoms with E-state index in [4.69, 9.17) is 0 Å². The maximum absolute atomic E-state index is 3.61. The van der Waals surface area contributed by atoms with Crippen LogP contribution < -0.4 is 5.32 Å². The quantitative estimate of drug-likeness (QED) is 0.749. The molecule has 1 atom stereocenters. The van der Waals surface area contributed by atoms with Crippen molar-refractivity contribution in [2.45, 2.75) is 70.5 Å². The van der Waals surface area contributed by atoms with Gasteiger partial charge in [-0.1, -0.05) is 0 Å². The van der Waals surface area contributed by atoms with E-state index in [0.717, 1.165) is 12.1 Å². The number of hydrogen-bond donors (Lipinski definition) is 1. The molecule has 2 rings (SSSR count). The molecule has 0 aromatic carbocycles. The summed E-state index contributed by atoms with van der Waals surface area (Å²) in [5, 5.41) is 3.61. The molecule has 0 spiro atoms. The number of nitrogens with zero attached hydrogens (tertiary/aromatic N) is 1. The van der Waals surface area contributed by atoms with E-state index in [9.17, 15) is 0 Å². The maximum Gasteiger partial charge on any atom is 0.0156 e. The molecule has 88 valence electrons. The van der Waals surface area contributed by atoms with Crippen molar-refractivity contribution >= 4 is 0 Å². The molecule has 2 fully saturated rings. The van der Waals surface area contributed by atoms with Crippen LogP contribution in [0.5, 0.6) is 0 Å². The molecule has 2 nitrogen and oxygen atoms in total. The fraction of sp³-hybridized carbons (Fsp3) is 1.00. The Morgan fingerprint density at radius 3 is 2.67 bits per heavy atom. The first-order chi connectivity index (χ1) is 7.09. The molecular weight excluding hydrogens is 184 g/mol. The van der Waals surface area contributed by atoms with Crippen LogP contribution in [0.3, 0.4) is 0 Å². The van der Waals surface area contributed by atoms with Gasteiger partial charge < -0.3 is 5.32 Å². The second kappa shape index (κ2) is 4.42. The van der Waals surface area contributed by atoms with Crippen LogP contribution >= 0.6 is 0 Å². The van der Waals surface area contributed by atoms with E-state index in [1.165, 1.54) is 45.2 Å². The Morgan fingerprint density at radius 2 is 2.13 bits per heavy atom. The van der Waals surface area contributed by atoms with Crippen LogP contribution in [0.25, 0.3) is 0 Å². The van der Waals surface area contributed by atoms with Crippen LogP contribution in [0.2, 0.25) is 0 Å². The molecule has 1 saturated carbocycles. The molecule has 0 radical (unpaired) electrons. The molecule has 1 aliphatic carbocycles. The van der Waals surface area contributed by atoms with Gasteiger partial charge in [-0.3, -0.25) is 4.90 Å². The molecule has 15 heavy (non-hydrogen) atoms. The lowest BCUT2D eigenvalue weighted by Gasteiger charge is -2.36. The van der Waals surface area contributed by atoms with E-state index in [2.05, 4.69) is 31.0 Å². The summed E-state index contributed by atoms with van der Waals surface area (Å²) in [4.78, 5) is 2.70. The van der Waals surface area contributed by atoms with E-state index in [-0.39, 0.29) is 0 Å². The highest BCUT2D eigenvalue weighted by molar-refractivity contribution is 4.91. The molecule has 1 saturated heterocycles. The van der Waals surface area contributed by atoms with Gasteiger partial charge in [0.15, 0.2) is 0 Å². The largest absolute Gasteiger partial charge is 0.314 e. The Hall–Kier alpha value is -0.0800. The lowest BCUT2D eigenvalue weighted by molar-refractivity contribution is 0.119. The summed E-state index contributed by atoms with van der Waals surface area (Å²) in [5.41, 5.74) is 0.443. The summed E-state index contributed by atoms with van der Waals surface area (Å²) in [5.74, 6) is 0. The predicted molar refractivity (Wildman–Crippen MR) is 65.1 cm³/mol. The van der Waals surface area contributed by atoms with Crippen LogP contribution in [0.4, 0.5) is 0 Å². The lowest BCUT2D eigenvalue weighted by atomic mass is 10.00. The van der Waals surface area contributed by atoms with Crippen molar-refractivity contribution in [3.63, 3.8) is 0 Å². The van der Waals surface area contributed by atoms with Gasteiger partial charge in [-0.05, 0) is 66.0 Å².